The average molecular weight is 241 g/mol. The molecule has 2 heterocycles. The summed E-state index contributed by atoms with van der Waals surface area (Å²) in [5.74, 6) is 0.0648. The summed E-state index contributed by atoms with van der Waals surface area (Å²) in [6, 6.07) is 8.19. The Bertz CT molecular complexity index is 571. The fourth-order valence-electron chi connectivity index (χ4n) is 2.50. The van der Waals surface area contributed by atoms with Gasteiger partial charge in [0.2, 0.25) is 0 Å². The van der Waals surface area contributed by atoms with Crippen LogP contribution >= 0.6 is 0 Å². The minimum absolute atomic E-state index is 0.0648. The number of benzene rings is 1. The summed E-state index contributed by atoms with van der Waals surface area (Å²) < 4.78 is 0. The second kappa shape index (κ2) is 3.98. The van der Waals surface area contributed by atoms with E-state index in [9.17, 15) is 4.79 Å². The van der Waals surface area contributed by atoms with Crippen molar-refractivity contribution < 1.29 is 4.79 Å². The zero-order chi connectivity index (χ0) is 12.7. The largest absolute Gasteiger partial charge is 0.330 e. The van der Waals surface area contributed by atoms with E-state index in [-0.39, 0.29) is 5.91 Å². The van der Waals surface area contributed by atoms with E-state index >= 15 is 0 Å². The number of rotatable bonds is 1. The highest BCUT2D eigenvalue weighted by Gasteiger charge is 2.26. The number of hydrogen-bond donors (Lipinski definition) is 1. The van der Waals surface area contributed by atoms with Gasteiger partial charge in [-0.1, -0.05) is 24.3 Å². The molecule has 3 rings (SSSR count). The van der Waals surface area contributed by atoms with Gasteiger partial charge >= 0.3 is 0 Å². The van der Waals surface area contributed by atoms with Crippen LogP contribution in [0.3, 0.4) is 0 Å². The van der Waals surface area contributed by atoms with Crippen molar-refractivity contribution in [1.82, 2.24) is 15.1 Å². The number of fused-ring (bicyclic) bond motifs is 1. The van der Waals surface area contributed by atoms with Crippen LogP contribution < -0.4 is 0 Å². The topological polar surface area (TPSA) is 49.0 Å². The monoisotopic (exact) mass is 241 g/mol. The molecular formula is C14H15N3O. The number of nitrogens with zero attached hydrogens (tertiary/aromatic N) is 2. The molecule has 0 unspecified atom stereocenters. The van der Waals surface area contributed by atoms with Crippen molar-refractivity contribution in [3.63, 3.8) is 0 Å². The molecule has 1 aromatic heterocycles. The van der Waals surface area contributed by atoms with Crippen molar-refractivity contribution in [3.05, 3.63) is 52.3 Å². The summed E-state index contributed by atoms with van der Waals surface area (Å²) in [6.07, 6.45) is 0. The lowest BCUT2D eigenvalue weighted by molar-refractivity contribution is 0.0750. The third-order valence-electron chi connectivity index (χ3n) is 3.47. The average Bonchev–Trinajstić information content (AvgIpc) is 2.92. The van der Waals surface area contributed by atoms with Crippen molar-refractivity contribution in [1.29, 1.82) is 0 Å². The first-order chi connectivity index (χ1) is 8.66. The van der Waals surface area contributed by atoms with E-state index in [1.165, 1.54) is 11.1 Å². The smallest absolute Gasteiger partial charge is 0.258 e. The number of aromatic nitrogens is 2. The van der Waals surface area contributed by atoms with Gasteiger partial charge in [0.25, 0.3) is 5.91 Å². The lowest BCUT2D eigenvalue weighted by Gasteiger charge is -2.15. The second-order valence-corrected chi connectivity index (χ2v) is 4.74. The summed E-state index contributed by atoms with van der Waals surface area (Å²) in [7, 11) is 0. The molecule has 0 bridgehead atoms. The summed E-state index contributed by atoms with van der Waals surface area (Å²) >= 11 is 0. The molecule has 4 heteroatoms. The van der Waals surface area contributed by atoms with Gasteiger partial charge in [-0.15, -0.1) is 0 Å². The molecule has 0 aliphatic carbocycles. The minimum atomic E-state index is 0.0648. The Balaban J connectivity index is 1.89. The minimum Gasteiger partial charge on any atom is -0.330 e. The second-order valence-electron chi connectivity index (χ2n) is 4.74. The standard InChI is InChI=1S/C14H15N3O/c1-9-13(10(2)16-15-9)14(18)17-7-11-5-3-4-6-12(11)8-17/h3-6H,7-8H2,1-2H3,(H,15,16). The van der Waals surface area contributed by atoms with E-state index in [1.54, 1.807) is 0 Å². The van der Waals surface area contributed by atoms with Crippen LogP contribution in [0.25, 0.3) is 0 Å². The Hall–Kier alpha value is -2.10. The van der Waals surface area contributed by atoms with E-state index < -0.39 is 0 Å². The molecule has 0 saturated carbocycles. The lowest BCUT2D eigenvalue weighted by atomic mass is 10.1. The van der Waals surface area contributed by atoms with Crippen LogP contribution in [0.4, 0.5) is 0 Å². The predicted molar refractivity (Wildman–Crippen MR) is 68.1 cm³/mol. The van der Waals surface area contributed by atoms with Crippen LogP contribution in [0, 0.1) is 13.8 Å². The maximum absolute atomic E-state index is 12.5. The molecule has 1 aliphatic heterocycles. The fraction of sp³-hybridized carbons (Fsp3) is 0.286. The zero-order valence-electron chi connectivity index (χ0n) is 10.5. The lowest BCUT2D eigenvalue weighted by Crippen LogP contribution is -2.26. The SMILES string of the molecule is Cc1n[nH]c(C)c1C(=O)N1Cc2ccccc2C1. The van der Waals surface area contributed by atoms with Crippen molar-refractivity contribution in [3.8, 4) is 0 Å². The van der Waals surface area contributed by atoms with Crippen LogP contribution in [0.2, 0.25) is 0 Å². The van der Waals surface area contributed by atoms with Gasteiger partial charge in [0.05, 0.1) is 11.3 Å². The van der Waals surface area contributed by atoms with Crippen molar-refractivity contribution in [2.45, 2.75) is 26.9 Å². The number of carbonyl (C=O) groups is 1. The Kier molecular flexibility index (Phi) is 2.44. The Morgan fingerprint density at radius 3 is 2.33 bits per heavy atom. The molecule has 4 nitrogen and oxygen atoms in total. The van der Waals surface area contributed by atoms with E-state index in [0.717, 1.165) is 11.4 Å². The van der Waals surface area contributed by atoms with E-state index in [4.69, 9.17) is 0 Å². The first kappa shape index (κ1) is 11.0. The van der Waals surface area contributed by atoms with Gasteiger partial charge in [-0.25, -0.2) is 0 Å². The summed E-state index contributed by atoms with van der Waals surface area (Å²) in [5.41, 5.74) is 4.80. The highest BCUT2D eigenvalue weighted by molar-refractivity contribution is 5.96. The summed E-state index contributed by atoms with van der Waals surface area (Å²) in [6.45, 7) is 5.13. The van der Waals surface area contributed by atoms with Gasteiger partial charge in [0.1, 0.15) is 0 Å². The highest BCUT2D eigenvalue weighted by atomic mass is 16.2. The third kappa shape index (κ3) is 1.61. The van der Waals surface area contributed by atoms with Gasteiger partial charge in [-0.2, -0.15) is 5.10 Å². The van der Waals surface area contributed by atoms with Crippen LogP contribution in [0.1, 0.15) is 32.9 Å². The molecule has 0 atom stereocenters. The Labute approximate surface area is 106 Å². The molecule has 0 saturated heterocycles. The summed E-state index contributed by atoms with van der Waals surface area (Å²) in [5, 5.41) is 6.95. The number of amides is 1. The van der Waals surface area contributed by atoms with Crippen molar-refractivity contribution >= 4 is 5.91 Å². The molecule has 0 fully saturated rings. The number of carbonyl (C=O) groups excluding carboxylic acids is 1. The van der Waals surface area contributed by atoms with Crippen LogP contribution in [0.5, 0.6) is 0 Å². The van der Waals surface area contributed by atoms with Crippen LogP contribution in [-0.4, -0.2) is 21.0 Å². The zero-order valence-corrected chi connectivity index (χ0v) is 10.5. The van der Waals surface area contributed by atoms with Gasteiger partial charge < -0.3 is 4.90 Å². The Morgan fingerprint density at radius 2 is 1.83 bits per heavy atom. The molecule has 1 N–H and O–H groups in total. The molecule has 0 spiro atoms. The number of H-pyrrole nitrogens is 1. The summed E-state index contributed by atoms with van der Waals surface area (Å²) in [4.78, 5) is 14.4. The molecule has 1 aromatic carbocycles. The van der Waals surface area contributed by atoms with Crippen LogP contribution in [0.15, 0.2) is 24.3 Å². The maximum atomic E-state index is 12.5. The normalized spacial score (nSPS) is 13.8. The first-order valence-electron chi connectivity index (χ1n) is 6.04. The molecule has 0 radical (unpaired) electrons. The van der Waals surface area contributed by atoms with Crippen LogP contribution in [-0.2, 0) is 13.1 Å². The number of aromatic amines is 1. The molecule has 2 aromatic rings. The number of aryl methyl sites for hydroxylation is 2. The molecular weight excluding hydrogens is 226 g/mol. The van der Waals surface area contributed by atoms with E-state index in [2.05, 4.69) is 22.3 Å². The molecule has 1 aliphatic rings. The van der Waals surface area contributed by atoms with Crippen molar-refractivity contribution in [2.75, 3.05) is 0 Å². The van der Waals surface area contributed by atoms with E-state index in [0.29, 0.717) is 18.7 Å². The van der Waals surface area contributed by atoms with Crippen molar-refractivity contribution in [2.24, 2.45) is 0 Å². The third-order valence-corrected chi connectivity index (χ3v) is 3.47. The Morgan fingerprint density at radius 1 is 1.22 bits per heavy atom. The fourth-order valence-corrected chi connectivity index (χ4v) is 2.50. The van der Waals surface area contributed by atoms with Gasteiger partial charge in [-0.05, 0) is 25.0 Å². The number of hydrogen-bond acceptors (Lipinski definition) is 2. The molecule has 1 amide bonds. The van der Waals surface area contributed by atoms with Gasteiger partial charge in [-0.3, -0.25) is 9.89 Å². The van der Waals surface area contributed by atoms with Gasteiger partial charge in [0.15, 0.2) is 0 Å². The maximum Gasteiger partial charge on any atom is 0.258 e. The molecule has 92 valence electrons. The van der Waals surface area contributed by atoms with Gasteiger partial charge in [0, 0.05) is 18.8 Å². The quantitative estimate of drug-likeness (QED) is 0.832. The first-order valence-corrected chi connectivity index (χ1v) is 6.04. The predicted octanol–water partition coefficient (Wildman–Crippen LogP) is 2.18. The number of nitrogens with one attached hydrogen (secondary N) is 1. The van der Waals surface area contributed by atoms with E-state index in [1.807, 2.05) is 30.9 Å². The highest BCUT2D eigenvalue weighted by Crippen LogP contribution is 2.25. The molecule has 18 heavy (non-hydrogen) atoms.